The molecule has 3 rings (SSSR count). The van der Waals surface area contributed by atoms with Crippen molar-refractivity contribution in [2.75, 3.05) is 18.5 Å². The normalized spacial score (nSPS) is 17.7. The zero-order chi connectivity index (χ0) is 18.5. The molecule has 1 aliphatic heterocycles. The molecule has 2 aromatic rings. The van der Waals surface area contributed by atoms with Crippen LogP contribution < -0.4 is 10.2 Å². The highest BCUT2D eigenvalue weighted by atomic mass is 16.3. The molecule has 1 unspecified atom stereocenters. The SMILES string of the molecule is Cc1ccccc1CNC(=O)c1ccc2c(c1)C(O)CCCCCN2C. The third-order valence-electron chi connectivity index (χ3n) is 5.23. The number of benzene rings is 2. The summed E-state index contributed by atoms with van der Waals surface area (Å²) in [5.74, 6) is -0.106. The Labute approximate surface area is 155 Å². The van der Waals surface area contributed by atoms with E-state index in [4.69, 9.17) is 0 Å². The molecule has 1 atom stereocenters. The van der Waals surface area contributed by atoms with Gasteiger partial charge in [0.15, 0.2) is 0 Å². The molecule has 1 heterocycles. The Morgan fingerprint density at radius 2 is 2.00 bits per heavy atom. The zero-order valence-electron chi connectivity index (χ0n) is 15.7. The number of rotatable bonds is 3. The number of nitrogens with one attached hydrogen (secondary N) is 1. The monoisotopic (exact) mass is 352 g/mol. The molecule has 4 heteroatoms. The topological polar surface area (TPSA) is 52.6 Å². The van der Waals surface area contributed by atoms with Gasteiger partial charge in [0, 0.05) is 37.0 Å². The van der Waals surface area contributed by atoms with E-state index in [2.05, 4.69) is 17.3 Å². The molecule has 2 N–H and O–H groups in total. The van der Waals surface area contributed by atoms with Gasteiger partial charge in [0.2, 0.25) is 0 Å². The highest BCUT2D eigenvalue weighted by Crippen LogP contribution is 2.32. The number of amides is 1. The van der Waals surface area contributed by atoms with Crippen LogP contribution in [0, 0.1) is 6.92 Å². The van der Waals surface area contributed by atoms with Crippen molar-refractivity contribution in [1.82, 2.24) is 5.32 Å². The molecular formula is C22H28N2O2. The predicted molar refractivity (Wildman–Crippen MR) is 105 cm³/mol. The number of aliphatic hydroxyl groups excluding tert-OH is 1. The Morgan fingerprint density at radius 3 is 2.81 bits per heavy atom. The molecule has 2 aromatic carbocycles. The first-order chi connectivity index (χ1) is 12.6. The van der Waals surface area contributed by atoms with E-state index < -0.39 is 6.10 Å². The molecule has 0 fully saturated rings. The molecule has 26 heavy (non-hydrogen) atoms. The Morgan fingerprint density at radius 1 is 1.19 bits per heavy atom. The maximum absolute atomic E-state index is 12.6. The maximum atomic E-state index is 12.6. The van der Waals surface area contributed by atoms with Crippen LogP contribution in [0.4, 0.5) is 5.69 Å². The second-order valence-electron chi connectivity index (χ2n) is 7.17. The molecule has 0 aliphatic carbocycles. The Bertz CT molecular complexity index is 772. The van der Waals surface area contributed by atoms with E-state index in [-0.39, 0.29) is 5.91 Å². The fraction of sp³-hybridized carbons (Fsp3) is 0.409. The molecule has 0 bridgehead atoms. The van der Waals surface area contributed by atoms with Crippen molar-refractivity contribution in [2.45, 2.75) is 45.3 Å². The fourth-order valence-corrected chi connectivity index (χ4v) is 3.54. The number of aryl methyl sites for hydroxylation is 1. The lowest BCUT2D eigenvalue weighted by atomic mass is 9.99. The number of anilines is 1. The predicted octanol–water partition coefficient (Wildman–Crippen LogP) is 3.97. The van der Waals surface area contributed by atoms with Crippen molar-refractivity contribution in [1.29, 1.82) is 0 Å². The van der Waals surface area contributed by atoms with Gasteiger partial charge in [0.05, 0.1) is 6.10 Å². The lowest BCUT2D eigenvalue weighted by molar-refractivity contribution is 0.0950. The van der Waals surface area contributed by atoms with Crippen LogP contribution >= 0.6 is 0 Å². The second-order valence-corrected chi connectivity index (χ2v) is 7.17. The number of carbonyl (C=O) groups excluding carboxylic acids is 1. The molecule has 4 nitrogen and oxygen atoms in total. The van der Waals surface area contributed by atoms with Crippen molar-refractivity contribution in [3.05, 3.63) is 64.7 Å². The smallest absolute Gasteiger partial charge is 0.251 e. The van der Waals surface area contributed by atoms with Gasteiger partial charge in [-0.05, 0) is 49.1 Å². The van der Waals surface area contributed by atoms with Crippen LogP contribution in [0.2, 0.25) is 0 Å². The van der Waals surface area contributed by atoms with Crippen LogP contribution in [0.5, 0.6) is 0 Å². The summed E-state index contributed by atoms with van der Waals surface area (Å²) in [5.41, 5.74) is 4.76. The second kappa shape index (κ2) is 8.37. The average Bonchev–Trinajstić information content (AvgIpc) is 2.71. The quantitative estimate of drug-likeness (QED) is 0.879. The number of nitrogens with zero attached hydrogens (tertiary/aromatic N) is 1. The largest absolute Gasteiger partial charge is 0.388 e. The molecule has 1 aliphatic rings. The fourth-order valence-electron chi connectivity index (χ4n) is 3.54. The van der Waals surface area contributed by atoms with Crippen LogP contribution in [0.1, 0.15) is 58.8 Å². The highest BCUT2D eigenvalue weighted by molar-refractivity contribution is 5.95. The minimum atomic E-state index is -0.519. The van der Waals surface area contributed by atoms with Gasteiger partial charge in [-0.3, -0.25) is 4.79 Å². The number of hydrogen-bond donors (Lipinski definition) is 2. The molecule has 0 aromatic heterocycles. The van der Waals surface area contributed by atoms with E-state index in [1.165, 1.54) is 5.56 Å². The summed E-state index contributed by atoms with van der Waals surface area (Å²) >= 11 is 0. The summed E-state index contributed by atoms with van der Waals surface area (Å²) in [6.07, 6.45) is 3.49. The Hall–Kier alpha value is -2.33. The van der Waals surface area contributed by atoms with Gasteiger partial charge in [0.25, 0.3) is 5.91 Å². The molecule has 0 saturated carbocycles. The third-order valence-corrected chi connectivity index (χ3v) is 5.23. The molecule has 1 amide bonds. The van der Waals surface area contributed by atoms with Crippen LogP contribution in [0.3, 0.4) is 0 Å². The van der Waals surface area contributed by atoms with Gasteiger partial charge >= 0.3 is 0 Å². The Balaban J connectivity index is 1.79. The third kappa shape index (κ3) is 4.25. The molecule has 0 saturated heterocycles. The first-order valence-electron chi connectivity index (χ1n) is 9.42. The summed E-state index contributed by atoms with van der Waals surface area (Å²) < 4.78 is 0. The van der Waals surface area contributed by atoms with E-state index in [0.29, 0.717) is 12.1 Å². The highest BCUT2D eigenvalue weighted by Gasteiger charge is 2.19. The van der Waals surface area contributed by atoms with Crippen LogP contribution in [0.25, 0.3) is 0 Å². The van der Waals surface area contributed by atoms with E-state index in [0.717, 1.165) is 49.0 Å². The van der Waals surface area contributed by atoms with E-state index in [1.54, 1.807) is 0 Å². The van der Waals surface area contributed by atoms with Gasteiger partial charge in [0.1, 0.15) is 0 Å². The van der Waals surface area contributed by atoms with Gasteiger partial charge in [-0.25, -0.2) is 0 Å². The van der Waals surface area contributed by atoms with Crippen LogP contribution in [-0.2, 0) is 6.54 Å². The van der Waals surface area contributed by atoms with E-state index in [1.807, 2.05) is 49.4 Å². The number of fused-ring (bicyclic) bond motifs is 1. The number of carbonyl (C=O) groups is 1. The summed E-state index contributed by atoms with van der Waals surface area (Å²) in [6, 6.07) is 13.7. The molecule has 138 valence electrons. The molecule has 0 radical (unpaired) electrons. The maximum Gasteiger partial charge on any atom is 0.251 e. The zero-order valence-corrected chi connectivity index (χ0v) is 15.7. The summed E-state index contributed by atoms with van der Waals surface area (Å²) in [4.78, 5) is 14.8. The van der Waals surface area contributed by atoms with Crippen LogP contribution in [-0.4, -0.2) is 24.6 Å². The first-order valence-corrected chi connectivity index (χ1v) is 9.42. The average molecular weight is 352 g/mol. The minimum Gasteiger partial charge on any atom is -0.388 e. The molecule has 0 spiro atoms. The van der Waals surface area contributed by atoms with Crippen molar-refractivity contribution < 1.29 is 9.90 Å². The van der Waals surface area contributed by atoms with Gasteiger partial charge in [-0.1, -0.05) is 37.1 Å². The summed E-state index contributed by atoms with van der Waals surface area (Å²) in [5, 5.41) is 13.6. The minimum absolute atomic E-state index is 0.106. The lowest BCUT2D eigenvalue weighted by Crippen LogP contribution is -2.24. The van der Waals surface area contributed by atoms with Gasteiger partial charge < -0.3 is 15.3 Å². The van der Waals surface area contributed by atoms with E-state index in [9.17, 15) is 9.90 Å². The first kappa shape index (κ1) is 18.5. The van der Waals surface area contributed by atoms with Crippen molar-refractivity contribution in [3.8, 4) is 0 Å². The lowest BCUT2D eigenvalue weighted by Gasteiger charge is -2.24. The molecular weight excluding hydrogens is 324 g/mol. The number of aliphatic hydroxyl groups is 1. The van der Waals surface area contributed by atoms with Crippen molar-refractivity contribution in [2.24, 2.45) is 0 Å². The summed E-state index contributed by atoms with van der Waals surface area (Å²) in [7, 11) is 2.05. The van der Waals surface area contributed by atoms with Crippen molar-refractivity contribution >= 4 is 11.6 Å². The van der Waals surface area contributed by atoms with Crippen LogP contribution in [0.15, 0.2) is 42.5 Å². The standard InChI is InChI=1S/C22H28N2O2/c1-16-8-5-6-9-18(16)15-23-22(26)17-11-12-20-19(14-17)21(25)10-4-3-7-13-24(20)2/h5-6,8-9,11-12,14,21,25H,3-4,7,10,13,15H2,1-2H3,(H,23,26). The summed E-state index contributed by atoms with van der Waals surface area (Å²) in [6.45, 7) is 3.52. The van der Waals surface area contributed by atoms with Crippen molar-refractivity contribution in [3.63, 3.8) is 0 Å². The Kier molecular flexibility index (Phi) is 5.94. The van der Waals surface area contributed by atoms with Gasteiger partial charge in [-0.2, -0.15) is 0 Å². The van der Waals surface area contributed by atoms with E-state index >= 15 is 0 Å². The van der Waals surface area contributed by atoms with Gasteiger partial charge in [-0.15, -0.1) is 0 Å². The number of hydrogen-bond acceptors (Lipinski definition) is 3.